The molecule has 1 fully saturated rings. The van der Waals surface area contributed by atoms with Crippen LogP contribution in [0.4, 0.5) is 0 Å². The fourth-order valence-corrected chi connectivity index (χ4v) is 1.60. The summed E-state index contributed by atoms with van der Waals surface area (Å²) in [5.41, 5.74) is 0.404. The summed E-state index contributed by atoms with van der Waals surface area (Å²) in [4.78, 5) is 17.5. The Labute approximate surface area is 93.0 Å². The molecule has 84 valence electrons. The van der Waals surface area contributed by atoms with E-state index in [1.807, 2.05) is 6.07 Å². The maximum atomic E-state index is 12.0. The van der Waals surface area contributed by atoms with E-state index < -0.39 is 6.10 Å². The van der Waals surface area contributed by atoms with Crippen molar-refractivity contribution < 1.29 is 9.53 Å². The van der Waals surface area contributed by atoms with Gasteiger partial charge in [0.1, 0.15) is 5.69 Å². The highest BCUT2D eigenvalue weighted by atomic mass is 16.5. The number of ether oxygens (including phenoxy) is 1. The van der Waals surface area contributed by atoms with Gasteiger partial charge >= 0.3 is 0 Å². The Kier molecular flexibility index (Phi) is 2.88. The topological polar surface area (TPSA) is 71.2 Å². The van der Waals surface area contributed by atoms with Gasteiger partial charge in [-0.25, -0.2) is 4.98 Å². The number of hydrogen-bond donors (Lipinski definition) is 0. The summed E-state index contributed by atoms with van der Waals surface area (Å²) in [6.07, 6.45) is 2.72. The molecule has 1 aliphatic heterocycles. The third kappa shape index (κ3) is 2.04. The number of aryl methyl sites for hydroxylation is 1. The largest absolute Gasteiger partial charge is 0.360 e. The minimum Gasteiger partial charge on any atom is -0.360 e. The normalized spacial score (nSPS) is 20.5. The first kappa shape index (κ1) is 10.6. The number of rotatable bonds is 1. The van der Waals surface area contributed by atoms with Gasteiger partial charge in [-0.15, -0.1) is 0 Å². The summed E-state index contributed by atoms with van der Waals surface area (Å²) in [5.74, 6) is -0.149. The van der Waals surface area contributed by atoms with Gasteiger partial charge in [0.05, 0.1) is 25.5 Å². The number of carbonyl (C=O) groups is 1. The standard InChI is InChI=1S/C10H12N4O2/c1-13-6-9(12-7-13)10(15)14-2-3-16-8(4-11)5-14/h6-8H,2-3,5H2,1H3. The smallest absolute Gasteiger partial charge is 0.274 e. The summed E-state index contributed by atoms with van der Waals surface area (Å²) in [7, 11) is 1.81. The first-order valence-electron chi connectivity index (χ1n) is 4.99. The van der Waals surface area contributed by atoms with Crippen LogP contribution in [0.5, 0.6) is 0 Å². The second-order valence-electron chi connectivity index (χ2n) is 3.66. The van der Waals surface area contributed by atoms with Crippen molar-refractivity contribution in [1.82, 2.24) is 14.5 Å². The van der Waals surface area contributed by atoms with E-state index in [0.29, 0.717) is 25.4 Å². The van der Waals surface area contributed by atoms with Crippen LogP contribution in [0.1, 0.15) is 10.5 Å². The van der Waals surface area contributed by atoms with E-state index in [4.69, 9.17) is 10.00 Å². The molecule has 1 aromatic heterocycles. The molecule has 0 N–H and O–H groups in total. The maximum absolute atomic E-state index is 12.0. The monoisotopic (exact) mass is 220 g/mol. The van der Waals surface area contributed by atoms with Crippen LogP contribution >= 0.6 is 0 Å². The predicted octanol–water partition coefficient (Wildman–Crippen LogP) is -0.215. The molecule has 2 rings (SSSR count). The number of carbonyl (C=O) groups excluding carboxylic acids is 1. The molecule has 0 radical (unpaired) electrons. The number of amides is 1. The highest BCUT2D eigenvalue weighted by molar-refractivity contribution is 5.92. The Morgan fingerprint density at radius 2 is 2.56 bits per heavy atom. The second-order valence-corrected chi connectivity index (χ2v) is 3.66. The fraction of sp³-hybridized carbons (Fsp3) is 0.500. The molecule has 1 unspecified atom stereocenters. The van der Waals surface area contributed by atoms with Gasteiger partial charge in [-0.1, -0.05) is 0 Å². The zero-order valence-corrected chi connectivity index (χ0v) is 8.96. The van der Waals surface area contributed by atoms with E-state index in [1.165, 1.54) is 0 Å². The van der Waals surface area contributed by atoms with Crippen molar-refractivity contribution in [3.8, 4) is 6.07 Å². The van der Waals surface area contributed by atoms with Gasteiger partial charge in [0.2, 0.25) is 0 Å². The van der Waals surface area contributed by atoms with E-state index in [-0.39, 0.29) is 5.91 Å². The van der Waals surface area contributed by atoms with Crippen molar-refractivity contribution in [2.24, 2.45) is 7.05 Å². The summed E-state index contributed by atoms with van der Waals surface area (Å²) >= 11 is 0. The van der Waals surface area contributed by atoms with Crippen molar-refractivity contribution >= 4 is 5.91 Å². The van der Waals surface area contributed by atoms with Gasteiger partial charge in [-0.2, -0.15) is 5.26 Å². The molecule has 1 saturated heterocycles. The molecule has 16 heavy (non-hydrogen) atoms. The van der Waals surface area contributed by atoms with Gasteiger partial charge in [0, 0.05) is 19.8 Å². The molecule has 1 aromatic rings. The molecule has 0 aromatic carbocycles. The van der Waals surface area contributed by atoms with Crippen LogP contribution in [0.25, 0.3) is 0 Å². The van der Waals surface area contributed by atoms with Gasteiger partial charge in [-0.05, 0) is 0 Å². The van der Waals surface area contributed by atoms with Crippen LogP contribution in [0.15, 0.2) is 12.5 Å². The van der Waals surface area contributed by atoms with Crippen molar-refractivity contribution in [1.29, 1.82) is 5.26 Å². The Hall–Kier alpha value is -1.87. The minimum atomic E-state index is -0.526. The molecule has 2 heterocycles. The molecular weight excluding hydrogens is 208 g/mol. The molecule has 0 aliphatic carbocycles. The van der Waals surface area contributed by atoms with Crippen LogP contribution in [-0.2, 0) is 11.8 Å². The summed E-state index contributed by atoms with van der Waals surface area (Å²) < 4.78 is 6.89. The molecule has 1 aliphatic rings. The molecule has 6 nitrogen and oxygen atoms in total. The van der Waals surface area contributed by atoms with E-state index >= 15 is 0 Å². The maximum Gasteiger partial charge on any atom is 0.274 e. The van der Waals surface area contributed by atoms with Crippen molar-refractivity contribution in [2.45, 2.75) is 6.10 Å². The second kappa shape index (κ2) is 4.33. The SMILES string of the molecule is Cn1cnc(C(=O)N2CCOC(C#N)C2)c1. The highest BCUT2D eigenvalue weighted by Gasteiger charge is 2.25. The Morgan fingerprint density at radius 3 is 3.19 bits per heavy atom. The first-order chi connectivity index (χ1) is 7.70. The summed E-state index contributed by atoms with van der Waals surface area (Å²) in [6.45, 7) is 1.22. The van der Waals surface area contributed by atoms with Gasteiger partial charge in [0.25, 0.3) is 5.91 Å². The lowest BCUT2D eigenvalue weighted by atomic mass is 10.2. The van der Waals surface area contributed by atoms with E-state index in [1.54, 1.807) is 29.0 Å². The van der Waals surface area contributed by atoms with E-state index in [2.05, 4.69) is 4.98 Å². The van der Waals surface area contributed by atoms with E-state index in [0.717, 1.165) is 0 Å². The van der Waals surface area contributed by atoms with Crippen LogP contribution < -0.4 is 0 Å². The molecule has 0 spiro atoms. The number of hydrogen-bond acceptors (Lipinski definition) is 4. The lowest BCUT2D eigenvalue weighted by molar-refractivity contribution is 0.00322. The molecule has 1 atom stereocenters. The number of imidazole rings is 1. The Bertz CT molecular complexity index is 434. The van der Waals surface area contributed by atoms with Crippen LogP contribution in [0, 0.1) is 11.3 Å². The summed E-state index contributed by atoms with van der Waals surface area (Å²) in [6, 6.07) is 2.00. The molecule has 0 bridgehead atoms. The lowest BCUT2D eigenvalue weighted by Crippen LogP contribution is -2.45. The third-order valence-electron chi connectivity index (χ3n) is 2.42. The quantitative estimate of drug-likeness (QED) is 0.656. The average Bonchev–Trinajstić information content (AvgIpc) is 2.75. The summed E-state index contributed by atoms with van der Waals surface area (Å²) in [5, 5.41) is 8.73. The van der Waals surface area contributed by atoms with Gasteiger partial charge < -0.3 is 14.2 Å². The fourth-order valence-electron chi connectivity index (χ4n) is 1.60. The van der Waals surface area contributed by atoms with Crippen LogP contribution in [0.3, 0.4) is 0 Å². The third-order valence-corrected chi connectivity index (χ3v) is 2.42. The number of morpholine rings is 1. The Morgan fingerprint density at radius 1 is 1.75 bits per heavy atom. The lowest BCUT2D eigenvalue weighted by Gasteiger charge is -2.29. The molecular formula is C10H12N4O2. The van der Waals surface area contributed by atoms with Crippen molar-refractivity contribution in [3.63, 3.8) is 0 Å². The zero-order valence-electron chi connectivity index (χ0n) is 8.96. The van der Waals surface area contributed by atoms with Crippen molar-refractivity contribution in [2.75, 3.05) is 19.7 Å². The number of aromatic nitrogens is 2. The predicted molar refractivity (Wildman–Crippen MR) is 54.5 cm³/mol. The zero-order chi connectivity index (χ0) is 11.5. The first-order valence-corrected chi connectivity index (χ1v) is 4.99. The number of nitriles is 1. The molecule has 6 heteroatoms. The van der Waals surface area contributed by atoms with Crippen LogP contribution in [0.2, 0.25) is 0 Å². The van der Waals surface area contributed by atoms with Crippen LogP contribution in [-0.4, -0.2) is 46.2 Å². The highest BCUT2D eigenvalue weighted by Crippen LogP contribution is 2.08. The molecule has 1 amide bonds. The number of nitrogens with zero attached hydrogens (tertiary/aromatic N) is 4. The Balaban J connectivity index is 2.08. The van der Waals surface area contributed by atoms with Gasteiger partial charge in [-0.3, -0.25) is 4.79 Å². The van der Waals surface area contributed by atoms with E-state index in [9.17, 15) is 4.79 Å². The minimum absolute atomic E-state index is 0.149. The molecule has 0 saturated carbocycles. The van der Waals surface area contributed by atoms with Gasteiger partial charge in [0.15, 0.2) is 6.10 Å². The van der Waals surface area contributed by atoms with Crippen molar-refractivity contribution in [3.05, 3.63) is 18.2 Å². The average molecular weight is 220 g/mol.